The number of piperidine rings is 1. The Morgan fingerprint density at radius 3 is 2.79 bits per heavy atom. The monoisotopic (exact) mass is 280 g/mol. The third kappa shape index (κ3) is 3.48. The van der Waals surface area contributed by atoms with Crippen LogP contribution >= 0.6 is 11.6 Å². The van der Waals surface area contributed by atoms with Crippen molar-refractivity contribution in [3.05, 3.63) is 34.3 Å². The largest absolute Gasteiger partial charge is 0.341 e. The highest BCUT2D eigenvalue weighted by Gasteiger charge is 2.20. The molecular formula is C15H21ClN2O. The second-order valence-corrected chi connectivity index (χ2v) is 5.70. The van der Waals surface area contributed by atoms with Gasteiger partial charge in [-0.1, -0.05) is 17.7 Å². The maximum atomic E-state index is 12.4. The molecule has 0 saturated carbocycles. The van der Waals surface area contributed by atoms with E-state index in [0.29, 0.717) is 16.5 Å². The Balaban J connectivity index is 2.03. The fourth-order valence-electron chi connectivity index (χ4n) is 2.58. The van der Waals surface area contributed by atoms with E-state index in [1.165, 1.54) is 0 Å². The smallest absolute Gasteiger partial charge is 0.253 e. The van der Waals surface area contributed by atoms with E-state index in [-0.39, 0.29) is 5.91 Å². The molecule has 0 unspecified atom stereocenters. The van der Waals surface area contributed by atoms with Crippen LogP contribution in [0.3, 0.4) is 0 Å². The van der Waals surface area contributed by atoms with Crippen molar-refractivity contribution >= 4 is 17.5 Å². The molecule has 1 heterocycles. The lowest BCUT2D eigenvalue weighted by molar-refractivity contribution is 0.0762. The summed E-state index contributed by atoms with van der Waals surface area (Å²) in [4.78, 5) is 14.3. The lowest BCUT2D eigenvalue weighted by Crippen LogP contribution is -2.37. The van der Waals surface area contributed by atoms with E-state index in [1.54, 1.807) is 0 Å². The summed E-state index contributed by atoms with van der Waals surface area (Å²) >= 11 is 6.08. The van der Waals surface area contributed by atoms with Gasteiger partial charge in [-0.15, -0.1) is 0 Å². The van der Waals surface area contributed by atoms with Gasteiger partial charge in [-0.25, -0.2) is 0 Å². The van der Waals surface area contributed by atoms with Gasteiger partial charge in [0.1, 0.15) is 0 Å². The van der Waals surface area contributed by atoms with Crippen LogP contribution in [-0.4, -0.2) is 37.5 Å². The fraction of sp³-hybridized carbons (Fsp3) is 0.533. The predicted octanol–water partition coefficient (Wildman–Crippen LogP) is 2.72. The molecule has 0 radical (unpaired) electrons. The summed E-state index contributed by atoms with van der Waals surface area (Å²) in [5.41, 5.74) is 1.58. The number of nitrogens with one attached hydrogen (secondary N) is 1. The molecule has 3 nitrogen and oxygen atoms in total. The fourth-order valence-corrected chi connectivity index (χ4v) is 2.75. The molecule has 1 aromatic carbocycles. The molecule has 1 aromatic rings. The maximum absolute atomic E-state index is 12.4. The first kappa shape index (κ1) is 14.4. The summed E-state index contributed by atoms with van der Waals surface area (Å²) in [7, 11) is 1.88. The Hall–Kier alpha value is -1.06. The molecule has 0 bridgehead atoms. The number of halogens is 1. The van der Waals surface area contributed by atoms with E-state index in [9.17, 15) is 4.79 Å². The number of benzene rings is 1. The van der Waals surface area contributed by atoms with Crippen LogP contribution in [0.1, 0.15) is 28.8 Å². The van der Waals surface area contributed by atoms with E-state index >= 15 is 0 Å². The minimum Gasteiger partial charge on any atom is -0.341 e. The van der Waals surface area contributed by atoms with Crippen LogP contribution < -0.4 is 5.32 Å². The van der Waals surface area contributed by atoms with Gasteiger partial charge in [0, 0.05) is 24.2 Å². The van der Waals surface area contributed by atoms with Crippen LogP contribution in [-0.2, 0) is 0 Å². The quantitative estimate of drug-likeness (QED) is 0.923. The van der Waals surface area contributed by atoms with Crippen molar-refractivity contribution in [1.82, 2.24) is 10.2 Å². The van der Waals surface area contributed by atoms with Crippen LogP contribution in [0.5, 0.6) is 0 Å². The van der Waals surface area contributed by atoms with Crippen molar-refractivity contribution in [3.8, 4) is 0 Å². The summed E-state index contributed by atoms with van der Waals surface area (Å²) < 4.78 is 0. The van der Waals surface area contributed by atoms with E-state index in [1.807, 2.05) is 37.1 Å². The molecule has 1 aliphatic heterocycles. The molecule has 4 heteroatoms. The highest BCUT2D eigenvalue weighted by atomic mass is 35.5. The number of nitrogens with zero attached hydrogens (tertiary/aromatic N) is 1. The summed E-state index contributed by atoms with van der Waals surface area (Å²) in [6.07, 6.45) is 2.29. The third-order valence-electron chi connectivity index (χ3n) is 3.84. The Morgan fingerprint density at radius 1 is 1.42 bits per heavy atom. The molecule has 1 N–H and O–H groups in total. The first-order valence-electron chi connectivity index (χ1n) is 6.81. The third-order valence-corrected chi connectivity index (χ3v) is 4.25. The van der Waals surface area contributed by atoms with Gasteiger partial charge in [0.2, 0.25) is 0 Å². The van der Waals surface area contributed by atoms with Gasteiger partial charge in [-0.05, 0) is 56.5 Å². The molecular weight excluding hydrogens is 260 g/mol. The zero-order valence-corrected chi connectivity index (χ0v) is 12.3. The van der Waals surface area contributed by atoms with Crippen LogP contribution in [0.25, 0.3) is 0 Å². The van der Waals surface area contributed by atoms with Gasteiger partial charge in [-0.3, -0.25) is 4.79 Å². The number of rotatable bonds is 3. The van der Waals surface area contributed by atoms with Gasteiger partial charge >= 0.3 is 0 Å². The Bertz CT molecular complexity index is 455. The Kier molecular flexibility index (Phi) is 4.83. The average molecular weight is 281 g/mol. The SMILES string of the molecule is Cc1c(Cl)cccc1C(=O)N(C)CC1CCNCC1. The summed E-state index contributed by atoms with van der Waals surface area (Å²) in [5, 5.41) is 4.00. The maximum Gasteiger partial charge on any atom is 0.253 e. The topological polar surface area (TPSA) is 32.3 Å². The van der Waals surface area contributed by atoms with E-state index < -0.39 is 0 Å². The highest BCUT2D eigenvalue weighted by molar-refractivity contribution is 6.31. The number of hydrogen-bond acceptors (Lipinski definition) is 2. The molecule has 19 heavy (non-hydrogen) atoms. The van der Waals surface area contributed by atoms with Crippen molar-refractivity contribution in [2.75, 3.05) is 26.7 Å². The minimum absolute atomic E-state index is 0.0681. The zero-order chi connectivity index (χ0) is 13.8. The molecule has 0 aromatic heterocycles. The van der Waals surface area contributed by atoms with Gasteiger partial charge in [-0.2, -0.15) is 0 Å². The number of carbonyl (C=O) groups excluding carboxylic acids is 1. The van der Waals surface area contributed by atoms with E-state index in [0.717, 1.165) is 38.0 Å². The number of carbonyl (C=O) groups is 1. The molecule has 104 valence electrons. The van der Waals surface area contributed by atoms with Gasteiger partial charge < -0.3 is 10.2 Å². The van der Waals surface area contributed by atoms with Gasteiger partial charge in [0.25, 0.3) is 5.91 Å². The predicted molar refractivity (Wildman–Crippen MR) is 78.7 cm³/mol. The molecule has 1 aliphatic rings. The molecule has 0 aliphatic carbocycles. The second-order valence-electron chi connectivity index (χ2n) is 5.29. The van der Waals surface area contributed by atoms with Crippen LogP contribution in [0, 0.1) is 12.8 Å². The Morgan fingerprint density at radius 2 is 2.11 bits per heavy atom. The zero-order valence-electron chi connectivity index (χ0n) is 11.6. The van der Waals surface area contributed by atoms with Crippen LogP contribution in [0.2, 0.25) is 5.02 Å². The molecule has 0 atom stereocenters. The van der Waals surface area contributed by atoms with Crippen molar-refractivity contribution < 1.29 is 4.79 Å². The van der Waals surface area contributed by atoms with Gasteiger partial charge in [0.15, 0.2) is 0 Å². The first-order valence-corrected chi connectivity index (χ1v) is 7.18. The molecule has 1 fully saturated rings. The highest BCUT2D eigenvalue weighted by Crippen LogP contribution is 2.21. The second kappa shape index (κ2) is 6.40. The summed E-state index contributed by atoms with van der Waals surface area (Å²) in [5.74, 6) is 0.674. The van der Waals surface area contributed by atoms with Gasteiger partial charge in [0.05, 0.1) is 0 Å². The van der Waals surface area contributed by atoms with Crippen molar-refractivity contribution in [3.63, 3.8) is 0 Å². The Labute approximate surface area is 119 Å². The first-order chi connectivity index (χ1) is 9.09. The lowest BCUT2D eigenvalue weighted by Gasteiger charge is -2.28. The molecule has 1 saturated heterocycles. The van der Waals surface area contributed by atoms with E-state index in [2.05, 4.69) is 5.32 Å². The number of amides is 1. The molecule has 0 spiro atoms. The summed E-state index contributed by atoms with van der Waals surface area (Å²) in [6, 6.07) is 5.50. The standard InChI is InChI=1S/C15H21ClN2O/c1-11-13(4-3-5-14(11)16)15(19)18(2)10-12-6-8-17-9-7-12/h3-5,12,17H,6-10H2,1-2H3. The molecule has 1 amide bonds. The summed E-state index contributed by atoms with van der Waals surface area (Å²) in [6.45, 7) is 4.84. The van der Waals surface area contributed by atoms with Crippen LogP contribution in [0.4, 0.5) is 0 Å². The number of hydrogen-bond donors (Lipinski definition) is 1. The van der Waals surface area contributed by atoms with Crippen LogP contribution in [0.15, 0.2) is 18.2 Å². The molecule has 2 rings (SSSR count). The van der Waals surface area contributed by atoms with Crippen molar-refractivity contribution in [2.24, 2.45) is 5.92 Å². The lowest BCUT2D eigenvalue weighted by atomic mass is 9.97. The normalized spacial score (nSPS) is 16.4. The van der Waals surface area contributed by atoms with Crippen molar-refractivity contribution in [2.45, 2.75) is 19.8 Å². The minimum atomic E-state index is 0.0681. The average Bonchev–Trinajstić information content (AvgIpc) is 2.42. The van der Waals surface area contributed by atoms with E-state index in [4.69, 9.17) is 11.6 Å². The van der Waals surface area contributed by atoms with Crippen molar-refractivity contribution in [1.29, 1.82) is 0 Å².